The Hall–Kier alpha value is -3.51. The van der Waals surface area contributed by atoms with E-state index in [2.05, 4.69) is 15.2 Å². The van der Waals surface area contributed by atoms with Crippen LogP contribution >= 0.6 is 0 Å². The Balaban J connectivity index is 1.35. The molecule has 1 aliphatic rings. The van der Waals surface area contributed by atoms with Gasteiger partial charge in [0.2, 0.25) is 5.82 Å². The van der Waals surface area contributed by atoms with Crippen LogP contribution in [0.1, 0.15) is 32.4 Å². The Labute approximate surface area is 207 Å². The number of sulfone groups is 1. The molecule has 1 aliphatic carbocycles. The van der Waals surface area contributed by atoms with Crippen molar-refractivity contribution in [3.05, 3.63) is 71.4 Å². The van der Waals surface area contributed by atoms with Crippen LogP contribution < -0.4 is 0 Å². The average Bonchev–Trinajstić information content (AvgIpc) is 3.41. The maximum Gasteiger partial charge on any atom is 0.501 e. The first-order chi connectivity index (χ1) is 17.7. The van der Waals surface area contributed by atoms with Crippen LogP contribution in [0.2, 0.25) is 0 Å². The first kappa shape index (κ1) is 21.7. The van der Waals surface area contributed by atoms with Crippen LogP contribution in [-0.2, 0) is 21.8 Å². The van der Waals surface area contributed by atoms with Crippen molar-refractivity contribution >= 4 is 9.84 Å². The average molecular weight is 521 g/mol. The van der Waals surface area contributed by atoms with E-state index in [0.717, 1.165) is 41.1 Å². The number of benzene rings is 2. The highest BCUT2D eigenvalue weighted by Crippen LogP contribution is 2.47. The van der Waals surface area contributed by atoms with Gasteiger partial charge in [0.05, 0.1) is 20.7 Å². The molecule has 188 valence electrons. The van der Waals surface area contributed by atoms with E-state index in [0.29, 0.717) is 25.1 Å². The molecule has 8 nitrogen and oxygen atoms in total. The predicted molar refractivity (Wildman–Crippen MR) is 122 cm³/mol. The summed E-state index contributed by atoms with van der Waals surface area (Å²) in [5, 5.41) is 18.3. The third-order valence-electron chi connectivity index (χ3n) is 6.13. The molecule has 0 spiro atoms. The van der Waals surface area contributed by atoms with Gasteiger partial charge in [0.25, 0.3) is 15.7 Å². The van der Waals surface area contributed by atoms with Gasteiger partial charge in [0.15, 0.2) is 5.69 Å². The number of aryl methyl sites for hydroxylation is 1. The SMILES string of the molecule is [2H]C([2H])(O)C1(c2cccc(Cn3nc(-c4nc(-c5ccc(S(=O)(=O)C(F)(F)F)cc5)no4)cc3C)c2)CC1. The molecule has 0 unspecified atom stereocenters. The fourth-order valence-corrected chi connectivity index (χ4v) is 4.63. The number of hydrogen-bond donors (Lipinski definition) is 1. The summed E-state index contributed by atoms with van der Waals surface area (Å²) in [4.78, 5) is 3.35. The van der Waals surface area contributed by atoms with E-state index in [9.17, 15) is 26.7 Å². The van der Waals surface area contributed by atoms with Gasteiger partial charge in [-0.1, -0.05) is 29.4 Å². The van der Waals surface area contributed by atoms with Crippen molar-refractivity contribution in [1.82, 2.24) is 19.9 Å². The predicted octanol–water partition coefficient (Wildman–Crippen LogP) is 4.27. The van der Waals surface area contributed by atoms with Crippen LogP contribution in [0.25, 0.3) is 23.0 Å². The van der Waals surface area contributed by atoms with E-state index < -0.39 is 32.2 Å². The molecule has 12 heteroatoms. The van der Waals surface area contributed by atoms with E-state index in [4.69, 9.17) is 7.26 Å². The monoisotopic (exact) mass is 520 g/mol. The minimum Gasteiger partial charge on any atom is -0.395 e. The van der Waals surface area contributed by atoms with E-state index in [1.807, 2.05) is 25.1 Å². The summed E-state index contributed by atoms with van der Waals surface area (Å²) in [5.74, 6) is 0.108. The minimum atomic E-state index is -5.46. The van der Waals surface area contributed by atoms with Crippen molar-refractivity contribution < 1.29 is 34.0 Å². The van der Waals surface area contributed by atoms with Crippen LogP contribution in [0.4, 0.5) is 13.2 Å². The van der Waals surface area contributed by atoms with Gasteiger partial charge < -0.3 is 9.63 Å². The van der Waals surface area contributed by atoms with E-state index in [1.54, 1.807) is 16.8 Å². The molecule has 2 aromatic carbocycles. The normalized spacial score (nSPS) is 16.5. The van der Waals surface area contributed by atoms with Crippen molar-refractivity contribution in [2.24, 2.45) is 0 Å². The lowest BCUT2D eigenvalue weighted by molar-refractivity contribution is -0.0436. The first-order valence-electron chi connectivity index (χ1n) is 11.8. The van der Waals surface area contributed by atoms with Gasteiger partial charge >= 0.3 is 5.51 Å². The number of hydrogen-bond acceptors (Lipinski definition) is 7. The minimum absolute atomic E-state index is 0.0452. The number of rotatable bonds is 7. The summed E-state index contributed by atoms with van der Waals surface area (Å²) in [7, 11) is -5.46. The van der Waals surface area contributed by atoms with E-state index in [1.165, 1.54) is 0 Å². The zero-order chi connectivity index (χ0) is 27.5. The molecule has 0 amide bonds. The van der Waals surface area contributed by atoms with Crippen LogP contribution in [0, 0.1) is 6.92 Å². The van der Waals surface area contributed by atoms with Crippen molar-refractivity contribution in [3.63, 3.8) is 0 Å². The van der Waals surface area contributed by atoms with Crippen molar-refractivity contribution in [2.75, 3.05) is 6.56 Å². The zero-order valence-electron chi connectivity index (χ0n) is 20.8. The second-order valence-corrected chi connectivity index (χ2v) is 10.6. The maximum absolute atomic E-state index is 12.8. The lowest BCUT2D eigenvalue weighted by Crippen LogP contribution is -2.23. The van der Waals surface area contributed by atoms with Crippen molar-refractivity contribution in [1.29, 1.82) is 0 Å². The molecule has 1 fully saturated rings. The van der Waals surface area contributed by atoms with Gasteiger partial charge in [0.1, 0.15) is 0 Å². The molecule has 1 N–H and O–H groups in total. The van der Waals surface area contributed by atoms with Gasteiger partial charge in [-0.3, -0.25) is 4.68 Å². The number of nitrogens with zero attached hydrogens (tertiary/aromatic N) is 4. The Morgan fingerprint density at radius 3 is 2.53 bits per heavy atom. The number of aromatic nitrogens is 4. The quantitative estimate of drug-likeness (QED) is 0.387. The highest BCUT2D eigenvalue weighted by Gasteiger charge is 2.47. The standard InChI is InChI=1S/C24H21F3N4O4S/c1-15-11-20(29-31(15)13-16-3-2-4-18(12-16)23(14-32)9-10-23)22-28-21(30-35-22)17-5-7-19(8-6-17)36(33,34)24(25,26)27/h2-8,11-12,32H,9-10,13-14H2,1H3/i14D2. The summed E-state index contributed by atoms with van der Waals surface area (Å²) in [6.45, 7) is -0.129. The third-order valence-corrected chi connectivity index (χ3v) is 7.63. The summed E-state index contributed by atoms with van der Waals surface area (Å²) in [6.07, 6.45) is 1.12. The number of aliphatic hydroxyl groups is 1. The molecule has 2 aromatic heterocycles. The summed E-state index contributed by atoms with van der Waals surface area (Å²) >= 11 is 0. The smallest absolute Gasteiger partial charge is 0.395 e. The van der Waals surface area contributed by atoms with Gasteiger partial charge in [-0.2, -0.15) is 23.3 Å². The summed E-state index contributed by atoms with van der Waals surface area (Å²) in [6, 6.07) is 13.0. The fourth-order valence-electron chi connectivity index (χ4n) is 3.87. The van der Waals surface area contributed by atoms with Crippen molar-refractivity contribution in [2.45, 2.75) is 42.1 Å². The van der Waals surface area contributed by atoms with Gasteiger partial charge in [-0.25, -0.2) is 8.42 Å². The first-order valence-corrected chi connectivity index (χ1v) is 12.3. The molecule has 1 saturated carbocycles. The molecule has 0 saturated heterocycles. The summed E-state index contributed by atoms with van der Waals surface area (Å²) in [5.41, 5.74) is -3.34. The fraction of sp³-hybridized carbons (Fsp3) is 0.292. The highest BCUT2D eigenvalue weighted by molar-refractivity contribution is 7.92. The lowest BCUT2D eigenvalue weighted by atomic mass is 9.95. The second kappa shape index (κ2) is 8.56. The number of alkyl halides is 3. The van der Waals surface area contributed by atoms with Crippen LogP contribution in [0.15, 0.2) is 64.0 Å². The number of halogens is 3. The second-order valence-electron chi connectivity index (χ2n) is 8.62. The van der Waals surface area contributed by atoms with Crippen LogP contribution in [0.3, 0.4) is 0 Å². The zero-order valence-corrected chi connectivity index (χ0v) is 19.6. The Bertz CT molecular complexity index is 1610. The largest absolute Gasteiger partial charge is 0.501 e. The van der Waals surface area contributed by atoms with Crippen LogP contribution in [-0.4, -0.2) is 45.5 Å². The Morgan fingerprint density at radius 2 is 1.89 bits per heavy atom. The molecule has 2 heterocycles. The molecule has 5 rings (SSSR count). The van der Waals surface area contributed by atoms with E-state index in [-0.39, 0.29) is 17.3 Å². The topological polar surface area (TPSA) is 111 Å². The molecule has 36 heavy (non-hydrogen) atoms. The third kappa shape index (κ3) is 4.30. The van der Waals surface area contributed by atoms with Crippen molar-refractivity contribution in [3.8, 4) is 23.0 Å². The molecule has 0 atom stereocenters. The van der Waals surface area contributed by atoms with Gasteiger partial charge in [-0.15, -0.1) is 0 Å². The van der Waals surface area contributed by atoms with Gasteiger partial charge in [0, 0.05) is 16.7 Å². The van der Waals surface area contributed by atoms with Crippen LogP contribution in [0.5, 0.6) is 0 Å². The highest BCUT2D eigenvalue weighted by atomic mass is 32.2. The molecular formula is C24H21F3N4O4S. The molecule has 0 radical (unpaired) electrons. The Kier molecular flexibility index (Phi) is 5.17. The molecule has 0 aliphatic heterocycles. The molecule has 4 aromatic rings. The maximum atomic E-state index is 12.8. The van der Waals surface area contributed by atoms with E-state index >= 15 is 0 Å². The Morgan fingerprint density at radius 1 is 1.17 bits per heavy atom. The lowest BCUT2D eigenvalue weighted by Gasteiger charge is -2.14. The molecule has 0 bridgehead atoms. The molecular weight excluding hydrogens is 497 g/mol. The summed E-state index contributed by atoms with van der Waals surface area (Å²) < 4.78 is 84.0. The van der Waals surface area contributed by atoms with Gasteiger partial charge in [-0.05, 0) is 61.2 Å².